The molecule has 0 radical (unpaired) electrons. The third-order valence-corrected chi connectivity index (χ3v) is 3.84. The zero-order valence-corrected chi connectivity index (χ0v) is 11.3. The van der Waals surface area contributed by atoms with Gasteiger partial charge in [0.05, 0.1) is 18.2 Å². The molecule has 0 bridgehead atoms. The van der Waals surface area contributed by atoms with Crippen molar-refractivity contribution >= 4 is 11.7 Å². The Balaban J connectivity index is 2.30. The Kier molecular flexibility index (Phi) is 4.43. The molecule has 19 heavy (non-hydrogen) atoms. The highest BCUT2D eigenvalue weighted by Crippen LogP contribution is 2.27. The second-order valence-corrected chi connectivity index (χ2v) is 5.19. The molecule has 104 valence electrons. The zero-order chi connectivity index (χ0) is 13.8. The Morgan fingerprint density at radius 3 is 2.79 bits per heavy atom. The van der Waals surface area contributed by atoms with E-state index in [0.717, 1.165) is 37.1 Å². The average Bonchev–Trinajstić information content (AvgIpc) is 2.63. The molecule has 2 rings (SSSR count). The quantitative estimate of drug-likeness (QED) is 0.879. The number of rotatable bonds is 3. The van der Waals surface area contributed by atoms with Crippen molar-refractivity contribution in [2.75, 3.05) is 18.1 Å². The number of carbonyl (C=O) groups is 1. The number of carboxylic acid groups (broad SMARTS) is 1. The molecule has 4 heteroatoms. The van der Waals surface area contributed by atoms with Crippen LogP contribution in [0.4, 0.5) is 5.69 Å². The van der Waals surface area contributed by atoms with Crippen LogP contribution >= 0.6 is 0 Å². The number of hydrogen-bond donors (Lipinski definition) is 2. The maximum atomic E-state index is 11.0. The predicted molar refractivity (Wildman–Crippen MR) is 74.8 cm³/mol. The summed E-state index contributed by atoms with van der Waals surface area (Å²) in [5, 5.41) is 18.5. The average molecular weight is 263 g/mol. The van der Waals surface area contributed by atoms with Gasteiger partial charge in [0, 0.05) is 12.2 Å². The van der Waals surface area contributed by atoms with E-state index in [4.69, 9.17) is 5.11 Å². The van der Waals surface area contributed by atoms with Crippen molar-refractivity contribution in [3.05, 3.63) is 29.3 Å². The molecule has 4 nitrogen and oxygen atoms in total. The largest absolute Gasteiger partial charge is 0.478 e. The van der Waals surface area contributed by atoms with Gasteiger partial charge in [-0.3, -0.25) is 0 Å². The Hall–Kier alpha value is -1.55. The van der Waals surface area contributed by atoms with Gasteiger partial charge in [0.1, 0.15) is 0 Å². The molecule has 2 N–H and O–H groups in total. The first kappa shape index (κ1) is 13.9. The lowest BCUT2D eigenvalue weighted by atomic mass is 10.1. The summed E-state index contributed by atoms with van der Waals surface area (Å²) >= 11 is 0. The minimum atomic E-state index is -0.899. The molecule has 1 unspecified atom stereocenters. The van der Waals surface area contributed by atoms with E-state index >= 15 is 0 Å². The molecule has 1 aromatic rings. The molecule has 1 aliphatic rings. The van der Waals surface area contributed by atoms with Crippen LogP contribution in [-0.2, 0) is 0 Å². The molecule has 1 aliphatic heterocycles. The van der Waals surface area contributed by atoms with Crippen LogP contribution in [-0.4, -0.2) is 35.4 Å². The van der Waals surface area contributed by atoms with Crippen LogP contribution in [0, 0.1) is 6.92 Å². The molecule has 1 heterocycles. The van der Waals surface area contributed by atoms with Gasteiger partial charge in [0.15, 0.2) is 0 Å². The van der Waals surface area contributed by atoms with Gasteiger partial charge in [-0.15, -0.1) is 0 Å². The lowest BCUT2D eigenvalue weighted by molar-refractivity contribution is 0.0697. The number of nitrogens with zero attached hydrogens (tertiary/aromatic N) is 1. The van der Waals surface area contributed by atoms with E-state index in [9.17, 15) is 9.90 Å². The second kappa shape index (κ2) is 6.06. The number of benzene rings is 1. The van der Waals surface area contributed by atoms with E-state index in [-0.39, 0.29) is 12.6 Å². The Bertz CT molecular complexity index is 459. The van der Waals surface area contributed by atoms with Gasteiger partial charge in [0.25, 0.3) is 0 Å². The van der Waals surface area contributed by atoms with Crippen LogP contribution in [0.5, 0.6) is 0 Å². The van der Waals surface area contributed by atoms with Gasteiger partial charge >= 0.3 is 5.97 Å². The molecule has 0 amide bonds. The molecule has 0 aromatic heterocycles. The van der Waals surface area contributed by atoms with Gasteiger partial charge < -0.3 is 15.1 Å². The van der Waals surface area contributed by atoms with Crippen molar-refractivity contribution in [3.63, 3.8) is 0 Å². The van der Waals surface area contributed by atoms with E-state index < -0.39 is 5.97 Å². The lowest BCUT2D eigenvalue weighted by Gasteiger charge is -2.32. The van der Waals surface area contributed by atoms with E-state index in [1.165, 1.54) is 6.42 Å². The molecule has 1 saturated heterocycles. The molecular formula is C15H21NO3. The van der Waals surface area contributed by atoms with Crippen LogP contribution in [0.25, 0.3) is 0 Å². The number of carboxylic acids is 1. The first-order valence-electron chi connectivity index (χ1n) is 6.85. The van der Waals surface area contributed by atoms with Crippen molar-refractivity contribution in [3.8, 4) is 0 Å². The number of anilines is 1. The topological polar surface area (TPSA) is 60.8 Å². The minimum absolute atomic E-state index is 0.150. The normalized spacial score (nSPS) is 20.1. The molecule has 0 spiro atoms. The highest BCUT2D eigenvalue weighted by Gasteiger charge is 2.22. The molecule has 1 aromatic carbocycles. The summed E-state index contributed by atoms with van der Waals surface area (Å²) in [5.74, 6) is -0.899. The summed E-state index contributed by atoms with van der Waals surface area (Å²) in [4.78, 5) is 13.2. The predicted octanol–water partition coefficient (Wildman–Crippen LogP) is 2.43. The van der Waals surface area contributed by atoms with Gasteiger partial charge in [-0.25, -0.2) is 4.79 Å². The maximum absolute atomic E-state index is 11.0. The highest BCUT2D eigenvalue weighted by atomic mass is 16.4. The Labute approximate surface area is 113 Å². The molecule has 0 saturated carbocycles. The first-order chi connectivity index (χ1) is 9.13. The van der Waals surface area contributed by atoms with E-state index in [0.29, 0.717) is 5.56 Å². The fourth-order valence-electron chi connectivity index (χ4n) is 2.80. The fraction of sp³-hybridized carbons (Fsp3) is 0.533. The molecule has 1 atom stereocenters. The van der Waals surface area contributed by atoms with Gasteiger partial charge in [0.2, 0.25) is 0 Å². The van der Waals surface area contributed by atoms with E-state index in [1.54, 1.807) is 12.1 Å². The number of hydrogen-bond acceptors (Lipinski definition) is 3. The Morgan fingerprint density at radius 1 is 1.37 bits per heavy atom. The van der Waals surface area contributed by atoms with Crippen LogP contribution < -0.4 is 4.90 Å². The summed E-state index contributed by atoms with van der Waals surface area (Å²) < 4.78 is 0. The van der Waals surface area contributed by atoms with Crippen LogP contribution in [0.1, 0.15) is 41.6 Å². The lowest BCUT2D eigenvalue weighted by Crippen LogP contribution is -2.38. The highest BCUT2D eigenvalue weighted by molar-refractivity contribution is 5.88. The van der Waals surface area contributed by atoms with Crippen LogP contribution in [0.15, 0.2) is 18.2 Å². The summed E-state index contributed by atoms with van der Waals surface area (Å²) in [5.41, 5.74) is 2.32. The monoisotopic (exact) mass is 263 g/mol. The second-order valence-electron chi connectivity index (χ2n) is 5.19. The van der Waals surface area contributed by atoms with Crippen molar-refractivity contribution in [2.24, 2.45) is 0 Å². The minimum Gasteiger partial charge on any atom is -0.478 e. The van der Waals surface area contributed by atoms with E-state index in [1.807, 2.05) is 13.0 Å². The van der Waals surface area contributed by atoms with Gasteiger partial charge in [-0.1, -0.05) is 12.8 Å². The Morgan fingerprint density at radius 2 is 2.16 bits per heavy atom. The van der Waals surface area contributed by atoms with Gasteiger partial charge in [-0.2, -0.15) is 0 Å². The van der Waals surface area contributed by atoms with E-state index in [2.05, 4.69) is 4.90 Å². The van der Waals surface area contributed by atoms with Crippen molar-refractivity contribution in [2.45, 2.75) is 38.6 Å². The molecule has 0 aliphatic carbocycles. The van der Waals surface area contributed by atoms with Crippen molar-refractivity contribution in [1.29, 1.82) is 0 Å². The van der Waals surface area contributed by atoms with Crippen molar-refractivity contribution in [1.82, 2.24) is 0 Å². The third kappa shape index (κ3) is 3.07. The summed E-state index contributed by atoms with van der Waals surface area (Å²) in [7, 11) is 0. The standard InChI is InChI=1S/C15H21NO3/c1-11-9-12(15(18)19)6-7-14(11)16-8-4-2-3-5-13(16)10-17/h6-7,9,13,17H,2-5,8,10H2,1H3,(H,18,19). The fourth-order valence-corrected chi connectivity index (χ4v) is 2.80. The van der Waals surface area contributed by atoms with Crippen LogP contribution in [0.3, 0.4) is 0 Å². The third-order valence-electron chi connectivity index (χ3n) is 3.84. The molecule has 1 fully saturated rings. The molecular weight excluding hydrogens is 242 g/mol. The zero-order valence-electron chi connectivity index (χ0n) is 11.3. The summed E-state index contributed by atoms with van der Waals surface area (Å²) in [6.45, 7) is 3.01. The summed E-state index contributed by atoms with van der Waals surface area (Å²) in [6.07, 6.45) is 4.46. The first-order valence-corrected chi connectivity index (χ1v) is 6.85. The number of aryl methyl sites for hydroxylation is 1. The number of aliphatic hydroxyl groups excluding tert-OH is 1. The summed E-state index contributed by atoms with van der Waals surface area (Å²) in [6, 6.07) is 5.37. The van der Waals surface area contributed by atoms with Gasteiger partial charge in [-0.05, 0) is 43.5 Å². The number of aliphatic hydroxyl groups is 1. The van der Waals surface area contributed by atoms with Crippen LogP contribution in [0.2, 0.25) is 0 Å². The van der Waals surface area contributed by atoms with Crippen molar-refractivity contribution < 1.29 is 15.0 Å². The smallest absolute Gasteiger partial charge is 0.335 e. The maximum Gasteiger partial charge on any atom is 0.335 e. The number of aromatic carboxylic acids is 1. The SMILES string of the molecule is Cc1cc(C(=O)O)ccc1N1CCCCCC1CO.